The van der Waals surface area contributed by atoms with Gasteiger partial charge in [-0.3, -0.25) is 0 Å². The van der Waals surface area contributed by atoms with Crippen LogP contribution in [-0.2, 0) is 4.74 Å². The van der Waals surface area contributed by atoms with Crippen LogP contribution in [0.2, 0.25) is 0 Å². The van der Waals surface area contributed by atoms with Gasteiger partial charge >= 0.3 is 0 Å². The van der Waals surface area contributed by atoms with Crippen LogP contribution in [-0.4, -0.2) is 12.6 Å². The Labute approximate surface area is 68.4 Å². The molecule has 1 rings (SSSR count). The minimum atomic E-state index is 0.0463. The highest BCUT2D eigenvalue weighted by Gasteiger charge is 2.26. The first-order valence-corrected chi connectivity index (χ1v) is 4.10. The largest absolute Gasteiger partial charge is 0.496 e. The lowest BCUT2D eigenvalue weighted by molar-refractivity contribution is 0.187. The maximum Gasteiger partial charge on any atom is 0.109 e. The number of ether oxygens (including phenoxy) is 1. The number of rotatable bonds is 1. The van der Waals surface area contributed by atoms with Crippen LogP contribution in [0.15, 0.2) is 11.8 Å². The zero-order valence-electron chi connectivity index (χ0n) is 7.55. The summed E-state index contributed by atoms with van der Waals surface area (Å²) in [6, 6.07) is 0.0463. The Kier molecular flexibility index (Phi) is 2.23. The van der Waals surface area contributed by atoms with Gasteiger partial charge in [-0.15, -0.1) is 0 Å². The van der Waals surface area contributed by atoms with E-state index < -0.39 is 0 Å². The van der Waals surface area contributed by atoms with Crippen molar-refractivity contribution in [3.8, 4) is 0 Å². The van der Waals surface area contributed by atoms with Crippen LogP contribution in [0.4, 0.5) is 0 Å². The highest BCUT2D eigenvalue weighted by Crippen LogP contribution is 2.26. The monoisotopic (exact) mass is 155 g/mol. The molecule has 2 nitrogen and oxygen atoms in total. The SMILES string of the molecule is CC(C)(C)C(N)C1=CCCO1. The molecule has 2 N–H and O–H groups in total. The Morgan fingerprint density at radius 1 is 1.55 bits per heavy atom. The van der Waals surface area contributed by atoms with E-state index in [1.807, 2.05) is 0 Å². The van der Waals surface area contributed by atoms with Crippen LogP contribution in [0.3, 0.4) is 0 Å². The molecule has 1 aliphatic heterocycles. The average Bonchev–Trinajstić information content (AvgIpc) is 2.34. The fraction of sp³-hybridized carbons (Fsp3) is 0.778. The molecule has 0 aromatic carbocycles. The van der Waals surface area contributed by atoms with E-state index in [0.29, 0.717) is 0 Å². The molecule has 0 fully saturated rings. The summed E-state index contributed by atoms with van der Waals surface area (Å²) in [6.45, 7) is 7.18. The quantitative estimate of drug-likeness (QED) is 0.625. The normalized spacial score (nSPS) is 20.9. The van der Waals surface area contributed by atoms with Gasteiger partial charge in [-0.25, -0.2) is 0 Å². The van der Waals surface area contributed by atoms with Gasteiger partial charge < -0.3 is 10.5 Å². The average molecular weight is 155 g/mol. The van der Waals surface area contributed by atoms with Gasteiger partial charge in [0.2, 0.25) is 0 Å². The molecule has 1 aliphatic rings. The highest BCUT2D eigenvalue weighted by atomic mass is 16.5. The third kappa shape index (κ3) is 1.96. The maximum atomic E-state index is 5.96. The summed E-state index contributed by atoms with van der Waals surface area (Å²) in [5.41, 5.74) is 6.07. The molecular weight excluding hydrogens is 138 g/mol. The standard InChI is InChI=1S/C9H17NO/c1-9(2,3)8(10)7-5-4-6-11-7/h5,8H,4,6,10H2,1-3H3. The smallest absolute Gasteiger partial charge is 0.109 e. The van der Waals surface area contributed by atoms with Crippen molar-refractivity contribution in [3.63, 3.8) is 0 Å². The van der Waals surface area contributed by atoms with E-state index in [2.05, 4.69) is 26.8 Å². The van der Waals surface area contributed by atoms with Gasteiger partial charge in [-0.2, -0.15) is 0 Å². The molecule has 11 heavy (non-hydrogen) atoms. The molecule has 0 aromatic heterocycles. The third-order valence-electron chi connectivity index (χ3n) is 1.97. The number of hydrogen-bond acceptors (Lipinski definition) is 2. The van der Waals surface area contributed by atoms with Crippen molar-refractivity contribution in [2.45, 2.75) is 33.2 Å². The van der Waals surface area contributed by atoms with Crippen LogP contribution < -0.4 is 5.73 Å². The summed E-state index contributed by atoms with van der Waals surface area (Å²) in [5.74, 6) is 0.970. The molecule has 0 amide bonds. The molecule has 0 radical (unpaired) electrons. The molecule has 0 aliphatic carbocycles. The Hall–Kier alpha value is -0.500. The van der Waals surface area contributed by atoms with Crippen molar-refractivity contribution in [1.82, 2.24) is 0 Å². The Morgan fingerprint density at radius 2 is 2.18 bits per heavy atom. The van der Waals surface area contributed by atoms with Gasteiger partial charge in [0.15, 0.2) is 0 Å². The summed E-state index contributed by atoms with van der Waals surface area (Å²) in [7, 11) is 0. The van der Waals surface area contributed by atoms with Crippen LogP contribution in [0, 0.1) is 5.41 Å². The van der Waals surface area contributed by atoms with Gasteiger partial charge in [0.25, 0.3) is 0 Å². The van der Waals surface area contributed by atoms with Gasteiger partial charge in [0.05, 0.1) is 12.6 Å². The summed E-state index contributed by atoms with van der Waals surface area (Å²) < 4.78 is 5.38. The van der Waals surface area contributed by atoms with Gasteiger partial charge in [0.1, 0.15) is 5.76 Å². The molecule has 0 bridgehead atoms. The maximum absolute atomic E-state index is 5.96. The molecule has 1 unspecified atom stereocenters. The van der Waals surface area contributed by atoms with Gasteiger partial charge in [-0.1, -0.05) is 20.8 Å². The summed E-state index contributed by atoms with van der Waals surface area (Å²) in [6.07, 6.45) is 3.11. The van der Waals surface area contributed by atoms with Crippen LogP contribution >= 0.6 is 0 Å². The third-order valence-corrected chi connectivity index (χ3v) is 1.97. The van der Waals surface area contributed by atoms with E-state index in [-0.39, 0.29) is 11.5 Å². The molecule has 2 heteroatoms. The molecule has 1 heterocycles. The van der Waals surface area contributed by atoms with E-state index in [1.165, 1.54) is 0 Å². The second-order valence-corrected chi connectivity index (χ2v) is 4.09. The Bertz CT molecular complexity index is 167. The number of nitrogens with two attached hydrogens (primary N) is 1. The molecule has 0 spiro atoms. The fourth-order valence-corrected chi connectivity index (χ4v) is 1.08. The molecule has 0 saturated heterocycles. The topological polar surface area (TPSA) is 35.2 Å². The zero-order valence-corrected chi connectivity index (χ0v) is 7.55. The van der Waals surface area contributed by atoms with E-state index >= 15 is 0 Å². The van der Waals surface area contributed by atoms with Crippen molar-refractivity contribution in [2.24, 2.45) is 11.1 Å². The van der Waals surface area contributed by atoms with Crippen molar-refractivity contribution in [2.75, 3.05) is 6.61 Å². The van der Waals surface area contributed by atoms with Gasteiger partial charge in [0, 0.05) is 6.42 Å². The van der Waals surface area contributed by atoms with Crippen LogP contribution in [0.25, 0.3) is 0 Å². The predicted molar refractivity (Wildman–Crippen MR) is 46.1 cm³/mol. The summed E-state index contributed by atoms with van der Waals surface area (Å²) in [4.78, 5) is 0. The molecule has 0 saturated carbocycles. The molecule has 1 atom stereocenters. The zero-order chi connectivity index (χ0) is 8.48. The van der Waals surface area contributed by atoms with Crippen molar-refractivity contribution < 1.29 is 4.74 Å². The van der Waals surface area contributed by atoms with Crippen molar-refractivity contribution in [3.05, 3.63) is 11.8 Å². The van der Waals surface area contributed by atoms with Gasteiger partial charge in [-0.05, 0) is 11.5 Å². The molecular formula is C9H17NO. The van der Waals surface area contributed by atoms with Crippen molar-refractivity contribution in [1.29, 1.82) is 0 Å². The first kappa shape index (κ1) is 8.60. The first-order valence-electron chi connectivity index (χ1n) is 4.10. The Balaban J connectivity index is 2.60. The lowest BCUT2D eigenvalue weighted by Crippen LogP contribution is -2.36. The van der Waals surface area contributed by atoms with E-state index in [1.54, 1.807) is 0 Å². The molecule has 64 valence electrons. The minimum absolute atomic E-state index is 0.0463. The minimum Gasteiger partial charge on any atom is -0.496 e. The van der Waals surface area contributed by atoms with E-state index in [0.717, 1.165) is 18.8 Å². The van der Waals surface area contributed by atoms with E-state index in [4.69, 9.17) is 10.5 Å². The lowest BCUT2D eigenvalue weighted by Gasteiger charge is -2.27. The Morgan fingerprint density at radius 3 is 2.55 bits per heavy atom. The first-order chi connectivity index (χ1) is 5.02. The molecule has 0 aromatic rings. The second-order valence-electron chi connectivity index (χ2n) is 4.09. The highest BCUT2D eigenvalue weighted by molar-refractivity contribution is 5.09. The summed E-state index contributed by atoms with van der Waals surface area (Å²) >= 11 is 0. The van der Waals surface area contributed by atoms with Crippen molar-refractivity contribution >= 4 is 0 Å². The second kappa shape index (κ2) is 2.86. The lowest BCUT2D eigenvalue weighted by atomic mass is 9.86. The van der Waals surface area contributed by atoms with E-state index in [9.17, 15) is 0 Å². The number of hydrogen-bond donors (Lipinski definition) is 1. The fourth-order valence-electron chi connectivity index (χ4n) is 1.08. The predicted octanol–water partition coefficient (Wildman–Crippen LogP) is 1.66. The summed E-state index contributed by atoms with van der Waals surface area (Å²) in [5, 5.41) is 0. The van der Waals surface area contributed by atoms with Crippen LogP contribution in [0.5, 0.6) is 0 Å². The van der Waals surface area contributed by atoms with Crippen LogP contribution in [0.1, 0.15) is 27.2 Å².